The Morgan fingerprint density at radius 2 is 1.50 bits per heavy atom. The molecule has 0 amide bonds. The summed E-state index contributed by atoms with van der Waals surface area (Å²) in [7, 11) is 0. The Labute approximate surface area is 168 Å². The van der Waals surface area contributed by atoms with E-state index in [1.165, 1.54) is 22.5 Å². The molecule has 126 valence electrons. The first kappa shape index (κ1) is 16.3. The molecule has 1 aromatic heterocycles. The molecule has 26 heavy (non-hydrogen) atoms. The highest BCUT2D eigenvalue weighted by Crippen LogP contribution is 2.42. The Morgan fingerprint density at radius 3 is 2.35 bits per heavy atom. The molecule has 0 aliphatic heterocycles. The number of aromatic nitrogens is 2. The van der Waals surface area contributed by atoms with E-state index in [4.69, 9.17) is 23.2 Å². The lowest BCUT2D eigenvalue weighted by Gasteiger charge is -2.09. The van der Waals surface area contributed by atoms with Crippen LogP contribution in [-0.2, 0) is 0 Å². The molecule has 0 saturated heterocycles. The summed E-state index contributed by atoms with van der Waals surface area (Å²) in [4.78, 5) is 1.94. The minimum Gasteiger partial charge on any atom is -0.172 e. The molecule has 0 unspecified atom stereocenters. The number of hydrogen-bond donors (Lipinski definition) is 0. The number of hydrogen-bond acceptors (Lipinski definition) is 4. The largest absolute Gasteiger partial charge is 0.172 e. The third-order valence-electron chi connectivity index (χ3n) is 4.32. The summed E-state index contributed by atoms with van der Waals surface area (Å²) in [6, 6.07) is 20.6. The lowest BCUT2D eigenvalue weighted by molar-refractivity contribution is 1.43. The predicted octanol–water partition coefficient (Wildman–Crippen LogP) is 7.46. The second-order valence-corrected chi connectivity index (χ2v) is 8.31. The van der Waals surface area contributed by atoms with Gasteiger partial charge in [0.1, 0.15) is 11.0 Å². The Balaban J connectivity index is 1.77. The molecule has 0 fully saturated rings. The number of benzene rings is 4. The molecule has 0 aliphatic rings. The first-order valence-corrected chi connectivity index (χ1v) is 10.2. The molecule has 5 aromatic rings. The van der Waals surface area contributed by atoms with Gasteiger partial charge in [0, 0.05) is 15.2 Å². The maximum atomic E-state index is 6.38. The molecular weight excluding hydrogens is 403 g/mol. The third-order valence-corrected chi connectivity index (χ3v) is 6.87. The highest BCUT2D eigenvalue weighted by Gasteiger charge is 2.14. The molecule has 0 N–H and O–H groups in total. The molecule has 0 spiro atoms. The molecule has 1 heterocycles. The van der Waals surface area contributed by atoms with Gasteiger partial charge < -0.3 is 0 Å². The minimum absolute atomic E-state index is 0.552. The van der Waals surface area contributed by atoms with Crippen molar-refractivity contribution in [3.63, 3.8) is 0 Å². The van der Waals surface area contributed by atoms with Crippen LogP contribution in [-0.4, -0.2) is 8.75 Å². The van der Waals surface area contributed by atoms with Crippen LogP contribution < -0.4 is 0 Å². The van der Waals surface area contributed by atoms with Gasteiger partial charge >= 0.3 is 0 Å². The van der Waals surface area contributed by atoms with E-state index in [1.807, 2.05) is 12.1 Å². The Morgan fingerprint density at radius 1 is 0.731 bits per heavy atom. The van der Waals surface area contributed by atoms with Crippen LogP contribution in [0.2, 0.25) is 10.0 Å². The number of nitrogens with zero attached hydrogens (tertiary/aromatic N) is 2. The van der Waals surface area contributed by atoms with Crippen molar-refractivity contribution < 1.29 is 0 Å². The van der Waals surface area contributed by atoms with Crippen LogP contribution in [0.3, 0.4) is 0 Å². The fraction of sp³-hybridized carbons (Fsp3) is 0. The van der Waals surface area contributed by atoms with Crippen molar-refractivity contribution >= 4 is 79.3 Å². The van der Waals surface area contributed by atoms with Gasteiger partial charge in [0.2, 0.25) is 0 Å². The zero-order valence-corrected chi connectivity index (χ0v) is 16.4. The van der Waals surface area contributed by atoms with E-state index < -0.39 is 0 Å². The van der Waals surface area contributed by atoms with Crippen molar-refractivity contribution in [2.75, 3.05) is 0 Å². The fourth-order valence-electron chi connectivity index (χ4n) is 3.08. The summed E-state index contributed by atoms with van der Waals surface area (Å²) < 4.78 is 9.08. The van der Waals surface area contributed by atoms with Crippen LogP contribution in [0.1, 0.15) is 0 Å². The molecule has 5 rings (SSSR count). The van der Waals surface area contributed by atoms with Gasteiger partial charge in [0.15, 0.2) is 0 Å². The van der Waals surface area contributed by atoms with E-state index in [1.54, 1.807) is 17.8 Å². The van der Waals surface area contributed by atoms with Gasteiger partial charge in [0.05, 0.1) is 21.8 Å². The van der Waals surface area contributed by atoms with Crippen molar-refractivity contribution in [3.8, 4) is 0 Å². The van der Waals surface area contributed by atoms with Gasteiger partial charge in [0.25, 0.3) is 0 Å². The van der Waals surface area contributed by atoms with Crippen molar-refractivity contribution in [1.82, 2.24) is 8.75 Å². The second-order valence-electron chi connectivity index (χ2n) is 5.91. The highest BCUT2D eigenvalue weighted by atomic mass is 35.5. The van der Waals surface area contributed by atoms with Crippen molar-refractivity contribution in [2.45, 2.75) is 9.79 Å². The number of rotatable bonds is 2. The van der Waals surface area contributed by atoms with Gasteiger partial charge in [-0.05, 0) is 46.5 Å². The quantitative estimate of drug-likeness (QED) is 0.281. The van der Waals surface area contributed by atoms with Gasteiger partial charge in [-0.15, -0.1) is 0 Å². The molecular formula is C20H10Cl2N2S2. The fourth-order valence-corrected chi connectivity index (χ4v) is 5.19. The monoisotopic (exact) mass is 412 g/mol. The average molecular weight is 413 g/mol. The van der Waals surface area contributed by atoms with E-state index >= 15 is 0 Å². The summed E-state index contributed by atoms with van der Waals surface area (Å²) in [6.45, 7) is 0. The Kier molecular flexibility index (Phi) is 4.02. The summed E-state index contributed by atoms with van der Waals surface area (Å²) in [5, 5.41) is 5.79. The minimum atomic E-state index is 0.552. The zero-order chi connectivity index (χ0) is 17.7. The molecule has 0 saturated carbocycles. The van der Waals surface area contributed by atoms with Crippen molar-refractivity contribution in [3.05, 3.63) is 70.7 Å². The standard InChI is InChI=1S/C20H10Cl2N2S2/c21-15-6-3-7-16(18(15)22)25-17-10-13-8-11-4-1-2-5-12(11)9-14(13)19-20(17)24-26-23-19/h1-10H. The molecule has 6 heteroatoms. The lowest BCUT2D eigenvalue weighted by atomic mass is 10.0. The van der Waals surface area contributed by atoms with E-state index in [-0.39, 0.29) is 0 Å². The highest BCUT2D eigenvalue weighted by molar-refractivity contribution is 7.99. The van der Waals surface area contributed by atoms with E-state index in [2.05, 4.69) is 51.2 Å². The zero-order valence-electron chi connectivity index (χ0n) is 13.2. The normalized spacial score (nSPS) is 11.6. The lowest BCUT2D eigenvalue weighted by Crippen LogP contribution is -1.84. The first-order valence-electron chi connectivity index (χ1n) is 7.90. The van der Waals surface area contributed by atoms with Crippen LogP contribution in [0.5, 0.6) is 0 Å². The molecule has 4 aromatic carbocycles. The van der Waals surface area contributed by atoms with Crippen LogP contribution in [0, 0.1) is 0 Å². The topological polar surface area (TPSA) is 25.8 Å². The number of halogens is 2. The van der Waals surface area contributed by atoms with Crippen LogP contribution in [0.4, 0.5) is 0 Å². The van der Waals surface area contributed by atoms with E-state index in [9.17, 15) is 0 Å². The van der Waals surface area contributed by atoms with Gasteiger partial charge in [-0.25, -0.2) is 0 Å². The molecule has 0 radical (unpaired) electrons. The van der Waals surface area contributed by atoms with Crippen molar-refractivity contribution in [1.29, 1.82) is 0 Å². The first-order chi connectivity index (χ1) is 12.7. The SMILES string of the molecule is Clc1cccc(Sc2cc3cc4ccccc4cc3c3nsnc23)c1Cl. The predicted molar refractivity (Wildman–Crippen MR) is 113 cm³/mol. The van der Waals surface area contributed by atoms with Crippen LogP contribution in [0.25, 0.3) is 32.6 Å². The number of fused-ring (bicyclic) bond motifs is 4. The summed E-state index contributed by atoms with van der Waals surface area (Å²) >= 11 is 15.3. The molecule has 0 atom stereocenters. The molecule has 0 aliphatic carbocycles. The van der Waals surface area contributed by atoms with Gasteiger partial charge in [-0.1, -0.05) is 65.3 Å². The molecule has 2 nitrogen and oxygen atoms in total. The second kappa shape index (κ2) is 6.39. The smallest absolute Gasteiger partial charge is 0.119 e. The van der Waals surface area contributed by atoms with Crippen LogP contribution >= 0.6 is 46.7 Å². The Bertz CT molecular complexity index is 1300. The van der Waals surface area contributed by atoms with Gasteiger partial charge in [-0.3, -0.25) is 0 Å². The summed E-state index contributed by atoms with van der Waals surface area (Å²) in [6.07, 6.45) is 0. The van der Waals surface area contributed by atoms with E-state index in [0.717, 1.165) is 31.6 Å². The van der Waals surface area contributed by atoms with Gasteiger partial charge in [-0.2, -0.15) is 8.75 Å². The van der Waals surface area contributed by atoms with E-state index in [0.29, 0.717) is 10.0 Å². The van der Waals surface area contributed by atoms with Crippen molar-refractivity contribution in [2.24, 2.45) is 0 Å². The molecule has 0 bridgehead atoms. The third kappa shape index (κ3) is 2.65. The summed E-state index contributed by atoms with van der Waals surface area (Å²) in [5.41, 5.74) is 1.83. The maximum Gasteiger partial charge on any atom is 0.119 e. The average Bonchev–Trinajstić information content (AvgIpc) is 3.14. The Hall–Kier alpha value is -1.85. The maximum absolute atomic E-state index is 6.38. The summed E-state index contributed by atoms with van der Waals surface area (Å²) in [5.74, 6) is 0. The van der Waals surface area contributed by atoms with Crippen LogP contribution in [0.15, 0.2) is 70.5 Å².